The molecular weight excluding hydrogens is 254 g/mol. The molecule has 0 unspecified atom stereocenters. The summed E-state index contributed by atoms with van der Waals surface area (Å²) in [5, 5.41) is 0. The van der Waals surface area contributed by atoms with Crippen LogP contribution >= 0.6 is 0 Å². The van der Waals surface area contributed by atoms with Gasteiger partial charge in [0.2, 0.25) is 0 Å². The van der Waals surface area contributed by atoms with Gasteiger partial charge in [0, 0.05) is 24.6 Å². The van der Waals surface area contributed by atoms with Crippen molar-refractivity contribution in [2.24, 2.45) is 5.73 Å². The van der Waals surface area contributed by atoms with E-state index in [4.69, 9.17) is 11.5 Å². The molecule has 2 rings (SSSR count). The van der Waals surface area contributed by atoms with Gasteiger partial charge in [-0.25, -0.2) is 4.98 Å². The number of anilines is 1. The summed E-state index contributed by atoms with van der Waals surface area (Å²) < 4.78 is 1.93. The first-order valence-electron chi connectivity index (χ1n) is 6.92. The number of aryl methyl sites for hydroxylation is 1. The Morgan fingerprint density at radius 2 is 2.00 bits per heavy atom. The van der Waals surface area contributed by atoms with Crippen molar-refractivity contribution in [3.63, 3.8) is 0 Å². The molecule has 1 fully saturated rings. The molecule has 1 aromatic heterocycles. The number of rotatable bonds is 2. The summed E-state index contributed by atoms with van der Waals surface area (Å²) in [5.74, 6) is 0.531. The quantitative estimate of drug-likeness (QED) is 0.860. The normalized spacial score (nSPS) is 15.7. The maximum Gasteiger partial charge on any atom is 0.253 e. The lowest BCUT2D eigenvalue weighted by Gasteiger charge is -2.27. The van der Waals surface area contributed by atoms with Gasteiger partial charge in [-0.05, 0) is 19.8 Å². The van der Waals surface area contributed by atoms with E-state index in [0.717, 1.165) is 31.5 Å². The predicted molar refractivity (Wildman–Crippen MR) is 77.4 cm³/mol. The first-order chi connectivity index (χ1) is 9.61. The average molecular weight is 275 g/mol. The van der Waals surface area contributed by atoms with Crippen molar-refractivity contribution in [1.82, 2.24) is 14.5 Å². The highest BCUT2D eigenvalue weighted by Gasteiger charge is 2.19. The van der Waals surface area contributed by atoms with Crippen molar-refractivity contribution in [2.75, 3.05) is 5.73 Å². The molecule has 20 heavy (non-hydrogen) atoms. The Morgan fingerprint density at radius 1 is 1.30 bits per heavy atom. The van der Waals surface area contributed by atoms with Crippen molar-refractivity contribution < 1.29 is 4.79 Å². The molecule has 0 radical (unpaired) electrons. The van der Waals surface area contributed by atoms with Crippen molar-refractivity contribution in [3.05, 3.63) is 30.0 Å². The van der Waals surface area contributed by atoms with E-state index in [1.54, 1.807) is 6.20 Å². The molecule has 1 saturated carbocycles. The van der Waals surface area contributed by atoms with E-state index in [1.165, 1.54) is 18.8 Å². The largest absolute Gasteiger partial charge is 0.384 e. The highest BCUT2D eigenvalue weighted by Crippen LogP contribution is 2.30. The second-order valence-electron chi connectivity index (χ2n) is 5.08. The number of hydrogen-bond donors (Lipinski definition) is 2. The third-order valence-corrected chi connectivity index (χ3v) is 3.71. The molecule has 1 aliphatic rings. The van der Waals surface area contributed by atoms with Gasteiger partial charge in [0.15, 0.2) is 0 Å². The Hall–Kier alpha value is -2.11. The van der Waals surface area contributed by atoms with Crippen LogP contribution in [-0.2, 0) is 0 Å². The summed E-state index contributed by atoms with van der Waals surface area (Å²) in [6.45, 7) is 1.88. The Bertz CT molecular complexity index is 545. The van der Waals surface area contributed by atoms with E-state index in [1.807, 2.05) is 11.5 Å². The zero-order valence-electron chi connectivity index (χ0n) is 11.7. The minimum absolute atomic E-state index is 0.233. The molecule has 1 aromatic rings. The molecule has 1 amide bonds. The van der Waals surface area contributed by atoms with Crippen LogP contribution in [-0.4, -0.2) is 20.4 Å². The van der Waals surface area contributed by atoms with Crippen LogP contribution in [0.15, 0.2) is 18.6 Å². The topological polar surface area (TPSA) is 99.8 Å². The highest BCUT2D eigenvalue weighted by molar-refractivity contribution is 5.96. The Labute approximate surface area is 118 Å². The lowest BCUT2D eigenvalue weighted by atomic mass is 9.95. The van der Waals surface area contributed by atoms with Crippen LogP contribution in [0.1, 0.15) is 54.3 Å². The first kappa shape index (κ1) is 14.3. The van der Waals surface area contributed by atoms with E-state index in [9.17, 15) is 4.79 Å². The lowest BCUT2D eigenvalue weighted by molar-refractivity contribution is 0.1000. The standard InChI is InChI=1S/C14H21N5O/c1-10-18-8-7-17-9-12(14(16)20)13(15)19(10)11-5-3-2-4-6-11/h7-9,11H,2-6,15H2,1H3,(H2,16,20). The molecule has 1 aliphatic carbocycles. The molecule has 0 spiro atoms. The van der Waals surface area contributed by atoms with Crippen LogP contribution < -0.4 is 11.5 Å². The van der Waals surface area contributed by atoms with Crippen LogP contribution in [0.5, 0.6) is 0 Å². The number of amides is 1. The fraction of sp³-hybridized carbons (Fsp3) is 0.500. The van der Waals surface area contributed by atoms with Crippen LogP contribution in [0.25, 0.3) is 0 Å². The van der Waals surface area contributed by atoms with E-state index >= 15 is 0 Å². The lowest BCUT2D eigenvalue weighted by Crippen LogP contribution is -2.22. The van der Waals surface area contributed by atoms with Crippen molar-refractivity contribution in [1.29, 1.82) is 0 Å². The SMILES string of the molecule is Cc1nccncc(C(N)=O)c(N)n1C1CCCCC1. The number of aromatic nitrogens is 3. The van der Waals surface area contributed by atoms with E-state index in [2.05, 4.69) is 9.97 Å². The molecule has 0 bridgehead atoms. The van der Waals surface area contributed by atoms with Gasteiger partial charge in [0.05, 0.1) is 5.56 Å². The average Bonchev–Trinajstić information content (AvgIpc) is 2.49. The third kappa shape index (κ3) is 3.07. The summed E-state index contributed by atoms with van der Waals surface area (Å²) in [4.78, 5) is 19.9. The zero-order valence-corrected chi connectivity index (χ0v) is 11.7. The number of carbonyl (C=O) groups excluding carboxylic acids is 1. The molecule has 0 atom stereocenters. The van der Waals surface area contributed by atoms with Crippen LogP contribution in [0.3, 0.4) is 0 Å². The Balaban J connectivity index is 2.66. The molecule has 1 heterocycles. The number of nitrogens with two attached hydrogens (primary N) is 2. The fourth-order valence-corrected chi connectivity index (χ4v) is 2.72. The third-order valence-electron chi connectivity index (χ3n) is 3.71. The number of hydrogen-bond acceptors (Lipinski definition) is 4. The predicted octanol–water partition coefficient (Wildman–Crippen LogP) is 1.90. The van der Waals surface area contributed by atoms with Gasteiger partial charge in [0.1, 0.15) is 11.6 Å². The highest BCUT2D eigenvalue weighted by atomic mass is 16.1. The molecular formula is C14H21N5O. The van der Waals surface area contributed by atoms with Gasteiger partial charge in [-0.15, -0.1) is 0 Å². The Kier molecular flexibility index (Phi) is 4.55. The van der Waals surface area contributed by atoms with Crippen molar-refractivity contribution >= 4 is 11.7 Å². The Morgan fingerprint density at radius 3 is 2.65 bits per heavy atom. The molecule has 0 aliphatic heterocycles. The summed E-state index contributed by atoms with van der Waals surface area (Å²) in [6.07, 6.45) is 10.2. The number of nitrogens with zero attached hydrogens (tertiary/aromatic N) is 3. The molecule has 4 N–H and O–H groups in total. The number of primary amides is 1. The van der Waals surface area contributed by atoms with E-state index in [-0.39, 0.29) is 11.6 Å². The zero-order chi connectivity index (χ0) is 14.5. The van der Waals surface area contributed by atoms with Crippen molar-refractivity contribution in [3.8, 4) is 0 Å². The van der Waals surface area contributed by atoms with E-state index in [0.29, 0.717) is 5.82 Å². The molecule has 6 nitrogen and oxygen atoms in total. The van der Waals surface area contributed by atoms with Crippen molar-refractivity contribution in [2.45, 2.75) is 45.1 Å². The van der Waals surface area contributed by atoms with Gasteiger partial charge in [-0.1, -0.05) is 19.3 Å². The van der Waals surface area contributed by atoms with Gasteiger partial charge in [-0.3, -0.25) is 9.78 Å². The number of carbonyl (C=O) groups is 1. The van der Waals surface area contributed by atoms with Gasteiger partial charge < -0.3 is 16.0 Å². The second-order valence-corrected chi connectivity index (χ2v) is 5.08. The fourth-order valence-electron chi connectivity index (χ4n) is 2.72. The monoisotopic (exact) mass is 275 g/mol. The minimum Gasteiger partial charge on any atom is -0.384 e. The summed E-state index contributed by atoms with van der Waals surface area (Å²) in [7, 11) is 0. The summed E-state index contributed by atoms with van der Waals surface area (Å²) in [5.41, 5.74) is 11.8. The van der Waals surface area contributed by atoms with E-state index < -0.39 is 5.91 Å². The minimum atomic E-state index is -0.574. The molecule has 0 aromatic carbocycles. The van der Waals surface area contributed by atoms with Crippen LogP contribution in [0.2, 0.25) is 0 Å². The second kappa shape index (κ2) is 6.36. The maximum atomic E-state index is 11.6. The van der Waals surface area contributed by atoms with Crippen LogP contribution in [0, 0.1) is 6.92 Å². The maximum absolute atomic E-state index is 11.6. The summed E-state index contributed by atoms with van der Waals surface area (Å²) in [6, 6.07) is 0.266. The molecule has 0 saturated heterocycles. The summed E-state index contributed by atoms with van der Waals surface area (Å²) >= 11 is 0. The van der Waals surface area contributed by atoms with Gasteiger partial charge >= 0.3 is 0 Å². The van der Waals surface area contributed by atoms with Crippen LogP contribution in [0.4, 0.5) is 5.82 Å². The molecule has 6 heteroatoms. The smallest absolute Gasteiger partial charge is 0.253 e. The van der Waals surface area contributed by atoms with Gasteiger partial charge in [-0.2, -0.15) is 0 Å². The molecule has 108 valence electrons. The number of nitrogen functional groups attached to an aromatic ring is 1. The first-order valence-corrected chi connectivity index (χ1v) is 6.92. The van der Waals surface area contributed by atoms with Gasteiger partial charge in [0.25, 0.3) is 5.91 Å².